The zero-order chi connectivity index (χ0) is 20.5. The average Bonchev–Trinajstić information content (AvgIpc) is 3.53. The van der Waals surface area contributed by atoms with Crippen LogP contribution in [0.15, 0.2) is 11.1 Å². The number of nitrogens with zero attached hydrogens (tertiary/aromatic N) is 2. The number of hydrogen-bond acceptors (Lipinski definition) is 8. The van der Waals surface area contributed by atoms with Crippen molar-refractivity contribution in [3.05, 3.63) is 22.9 Å². The third kappa shape index (κ3) is 6.23. The number of amides is 1. The first-order valence-corrected chi connectivity index (χ1v) is 10.3. The predicted molar refractivity (Wildman–Crippen MR) is 102 cm³/mol. The lowest BCUT2D eigenvalue weighted by Crippen LogP contribution is -2.30. The summed E-state index contributed by atoms with van der Waals surface area (Å²) in [6.07, 6.45) is 4.45. The summed E-state index contributed by atoms with van der Waals surface area (Å²) >= 11 is 1.30. The molecule has 0 atom stereocenters. The fourth-order valence-corrected chi connectivity index (χ4v) is 3.06. The molecule has 0 saturated heterocycles. The second-order valence-electron chi connectivity index (χ2n) is 6.20. The van der Waals surface area contributed by atoms with Gasteiger partial charge in [-0.2, -0.15) is 5.26 Å². The van der Waals surface area contributed by atoms with Gasteiger partial charge in [0, 0.05) is 24.6 Å². The number of hydrogen-bond donors (Lipinski definition) is 1. The van der Waals surface area contributed by atoms with E-state index < -0.39 is 18.5 Å². The molecule has 0 unspecified atom stereocenters. The number of pyridine rings is 1. The van der Waals surface area contributed by atoms with Crippen LogP contribution in [0, 0.1) is 11.3 Å². The van der Waals surface area contributed by atoms with E-state index in [1.165, 1.54) is 11.8 Å². The Morgan fingerprint density at radius 2 is 2.11 bits per heavy atom. The molecule has 0 bridgehead atoms. The fraction of sp³-hybridized carbons (Fsp3) is 0.526. The van der Waals surface area contributed by atoms with E-state index in [0.717, 1.165) is 18.5 Å². The molecular weight excluding hydrogens is 382 g/mol. The minimum absolute atomic E-state index is 0.138. The van der Waals surface area contributed by atoms with Crippen molar-refractivity contribution in [3.8, 4) is 6.07 Å². The van der Waals surface area contributed by atoms with Gasteiger partial charge in [-0.05, 0) is 38.5 Å². The lowest BCUT2D eigenvalue weighted by atomic mass is 10.1. The van der Waals surface area contributed by atoms with E-state index in [9.17, 15) is 19.6 Å². The molecule has 0 aromatic carbocycles. The molecule has 9 heteroatoms. The molecular formula is C19H23N3O5S. The van der Waals surface area contributed by atoms with Crippen LogP contribution in [-0.2, 0) is 19.1 Å². The van der Waals surface area contributed by atoms with Crippen molar-refractivity contribution in [2.75, 3.05) is 26.0 Å². The summed E-state index contributed by atoms with van der Waals surface area (Å²) in [5.41, 5.74) is 1.08. The van der Waals surface area contributed by atoms with Gasteiger partial charge >= 0.3 is 11.9 Å². The van der Waals surface area contributed by atoms with Crippen LogP contribution in [0.5, 0.6) is 0 Å². The first-order chi connectivity index (χ1) is 13.5. The van der Waals surface area contributed by atoms with E-state index in [1.807, 2.05) is 6.07 Å². The first kappa shape index (κ1) is 21.7. The van der Waals surface area contributed by atoms with Gasteiger partial charge in [0.2, 0.25) is 0 Å². The lowest BCUT2D eigenvalue weighted by molar-refractivity contribution is -0.143. The van der Waals surface area contributed by atoms with Crippen LogP contribution in [0.4, 0.5) is 0 Å². The predicted octanol–water partition coefficient (Wildman–Crippen LogP) is 2.17. The van der Waals surface area contributed by atoms with E-state index in [1.54, 1.807) is 19.2 Å². The van der Waals surface area contributed by atoms with Gasteiger partial charge in [0.1, 0.15) is 11.1 Å². The number of nitriles is 1. The van der Waals surface area contributed by atoms with Crippen LogP contribution in [0.25, 0.3) is 0 Å². The number of thioether (sulfide) groups is 1. The molecule has 8 nitrogen and oxygen atoms in total. The molecule has 1 saturated carbocycles. The summed E-state index contributed by atoms with van der Waals surface area (Å²) in [6, 6.07) is 3.60. The highest BCUT2D eigenvalue weighted by Gasteiger charge is 2.29. The maximum Gasteiger partial charge on any atom is 0.340 e. The molecule has 1 aliphatic carbocycles. The van der Waals surface area contributed by atoms with Gasteiger partial charge in [0.25, 0.3) is 5.91 Å². The van der Waals surface area contributed by atoms with Gasteiger partial charge in [0.15, 0.2) is 6.61 Å². The minimum Gasteiger partial charge on any atom is -0.466 e. The van der Waals surface area contributed by atoms with Gasteiger partial charge in [-0.25, -0.2) is 9.78 Å². The molecule has 1 aromatic heterocycles. The molecule has 1 N–H and O–H groups in total. The Bertz CT molecular complexity index is 787. The topological polar surface area (TPSA) is 118 Å². The van der Waals surface area contributed by atoms with Crippen molar-refractivity contribution in [1.29, 1.82) is 5.26 Å². The second kappa shape index (κ2) is 10.7. The Balaban J connectivity index is 1.88. The largest absolute Gasteiger partial charge is 0.466 e. The van der Waals surface area contributed by atoms with Crippen LogP contribution >= 0.6 is 11.8 Å². The Kier molecular flexibility index (Phi) is 8.26. The number of carbonyl (C=O) groups excluding carboxylic acids is 3. The Morgan fingerprint density at radius 1 is 1.36 bits per heavy atom. The maximum atomic E-state index is 12.4. The van der Waals surface area contributed by atoms with E-state index in [4.69, 9.17) is 9.47 Å². The minimum atomic E-state index is -0.724. The fourth-order valence-electron chi connectivity index (χ4n) is 2.50. The highest BCUT2D eigenvalue weighted by molar-refractivity contribution is 7.98. The third-order valence-corrected chi connectivity index (χ3v) is 4.73. The maximum absolute atomic E-state index is 12.4. The van der Waals surface area contributed by atoms with Crippen molar-refractivity contribution in [3.63, 3.8) is 0 Å². The molecule has 1 aromatic rings. The number of carbonyl (C=O) groups is 3. The molecule has 1 amide bonds. The molecule has 150 valence electrons. The van der Waals surface area contributed by atoms with Crippen molar-refractivity contribution in [1.82, 2.24) is 10.3 Å². The highest BCUT2D eigenvalue weighted by atomic mass is 32.2. The molecule has 0 spiro atoms. The zero-order valence-corrected chi connectivity index (χ0v) is 16.8. The Labute approximate surface area is 168 Å². The van der Waals surface area contributed by atoms with Crippen LogP contribution in [0.3, 0.4) is 0 Å². The van der Waals surface area contributed by atoms with E-state index >= 15 is 0 Å². The van der Waals surface area contributed by atoms with Crippen LogP contribution in [-0.4, -0.2) is 48.8 Å². The first-order valence-electron chi connectivity index (χ1n) is 9.08. The number of nitrogens with one attached hydrogen (secondary N) is 1. The molecule has 0 aliphatic heterocycles. The second-order valence-corrected chi connectivity index (χ2v) is 6.99. The normalized spacial score (nSPS) is 12.8. The summed E-state index contributed by atoms with van der Waals surface area (Å²) < 4.78 is 9.87. The molecule has 28 heavy (non-hydrogen) atoms. The quantitative estimate of drug-likeness (QED) is 0.357. The van der Waals surface area contributed by atoms with Gasteiger partial charge in [0.05, 0.1) is 17.7 Å². The van der Waals surface area contributed by atoms with Crippen molar-refractivity contribution >= 4 is 29.6 Å². The Hall–Kier alpha value is -2.60. The van der Waals surface area contributed by atoms with Crippen molar-refractivity contribution in [2.24, 2.45) is 0 Å². The standard InChI is InChI=1S/C19H23N3O5S/c1-3-26-17(24)5-4-8-21-16(23)11-27-19(25)13-9-15(12-6-7-12)22-18(28-2)14(13)10-20/h9,12H,3-8,11H2,1-2H3,(H,21,23). The number of rotatable bonds is 10. The lowest BCUT2D eigenvalue weighted by Gasteiger charge is -2.10. The molecule has 2 rings (SSSR count). The zero-order valence-electron chi connectivity index (χ0n) is 15.9. The third-order valence-electron chi connectivity index (χ3n) is 4.05. The number of esters is 2. The summed E-state index contributed by atoms with van der Waals surface area (Å²) in [7, 11) is 0. The summed E-state index contributed by atoms with van der Waals surface area (Å²) in [5.74, 6) is -1.20. The summed E-state index contributed by atoms with van der Waals surface area (Å²) in [5, 5.41) is 12.5. The smallest absolute Gasteiger partial charge is 0.340 e. The molecule has 1 heterocycles. The van der Waals surface area contributed by atoms with E-state index in [2.05, 4.69) is 10.3 Å². The van der Waals surface area contributed by atoms with Crippen LogP contribution in [0.2, 0.25) is 0 Å². The molecule has 1 aliphatic rings. The van der Waals surface area contributed by atoms with Crippen LogP contribution in [0.1, 0.15) is 60.1 Å². The van der Waals surface area contributed by atoms with Gasteiger partial charge in [-0.1, -0.05) is 0 Å². The number of aromatic nitrogens is 1. The van der Waals surface area contributed by atoms with Crippen molar-refractivity contribution < 1.29 is 23.9 Å². The molecule has 0 radical (unpaired) electrons. The van der Waals surface area contributed by atoms with Gasteiger partial charge < -0.3 is 14.8 Å². The summed E-state index contributed by atoms with van der Waals surface area (Å²) in [4.78, 5) is 39.9. The van der Waals surface area contributed by atoms with Gasteiger partial charge in [-0.3, -0.25) is 9.59 Å². The molecule has 1 fully saturated rings. The highest BCUT2D eigenvalue weighted by Crippen LogP contribution is 2.40. The van der Waals surface area contributed by atoms with Crippen LogP contribution < -0.4 is 5.32 Å². The van der Waals surface area contributed by atoms with E-state index in [0.29, 0.717) is 24.0 Å². The Morgan fingerprint density at radius 3 is 2.71 bits per heavy atom. The average molecular weight is 405 g/mol. The SMILES string of the molecule is CCOC(=O)CCCNC(=O)COC(=O)c1cc(C2CC2)nc(SC)c1C#N. The van der Waals surface area contributed by atoms with Gasteiger partial charge in [-0.15, -0.1) is 11.8 Å². The monoisotopic (exact) mass is 405 g/mol. The van der Waals surface area contributed by atoms with E-state index in [-0.39, 0.29) is 30.1 Å². The number of ether oxygens (including phenoxy) is 2. The summed E-state index contributed by atoms with van der Waals surface area (Å²) in [6.45, 7) is 1.86. The van der Waals surface area contributed by atoms with Crippen molar-refractivity contribution in [2.45, 2.75) is 43.6 Å².